The molecule has 0 N–H and O–H groups in total. The number of hydrogen-bond donors (Lipinski definition) is 0. The van der Waals surface area contributed by atoms with Gasteiger partial charge in [-0.15, -0.1) is 0 Å². The van der Waals surface area contributed by atoms with Crippen LogP contribution in [0.2, 0.25) is 5.02 Å². The van der Waals surface area contributed by atoms with Gasteiger partial charge in [0.25, 0.3) is 0 Å². The van der Waals surface area contributed by atoms with Gasteiger partial charge in [0.1, 0.15) is 11.9 Å². The third-order valence-electron chi connectivity index (χ3n) is 5.53. The van der Waals surface area contributed by atoms with Crippen molar-refractivity contribution in [2.75, 3.05) is 26.2 Å². The Morgan fingerprint density at radius 1 is 1.14 bits per heavy atom. The summed E-state index contributed by atoms with van der Waals surface area (Å²) in [6.07, 6.45) is 7.05. The number of carbonyl (C=O) groups is 1. The Morgan fingerprint density at radius 3 is 2.45 bits per heavy atom. The lowest BCUT2D eigenvalue weighted by atomic mass is 10.0. The van der Waals surface area contributed by atoms with Gasteiger partial charge in [-0.05, 0) is 12.5 Å². The van der Waals surface area contributed by atoms with Gasteiger partial charge in [-0.25, -0.2) is 4.98 Å². The summed E-state index contributed by atoms with van der Waals surface area (Å²) >= 11 is 5.95. The molecule has 0 unspecified atom stereocenters. The SMILES string of the molecule is C[C@H](C(=O)N1CCN([C@@H](c2ccccc2)c2nccn2C)CC1)n1cc(Cl)cn1. The van der Waals surface area contributed by atoms with Crippen molar-refractivity contribution in [2.45, 2.75) is 19.0 Å². The van der Waals surface area contributed by atoms with E-state index in [1.165, 1.54) is 5.56 Å². The van der Waals surface area contributed by atoms with Crippen LogP contribution >= 0.6 is 11.6 Å². The first-order chi connectivity index (χ1) is 14.0. The maximum absolute atomic E-state index is 12.9. The summed E-state index contributed by atoms with van der Waals surface area (Å²) in [4.78, 5) is 21.8. The predicted molar refractivity (Wildman–Crippen MR) is 112 cm³/mol. The zero-order valence-corrected chi connectivity index (χ0v) is 17.4. The largest absolute Gasteiger partial charge is 0.338 e. The van der Waals surface area contributed by atoms with Crippen LogP contribution in [-0.2, 0) is 11.8 Å². The van der Waals surface area contributed by atoms with Crippen molar-refractivity contribution in [3.8, 4) is 0 Å². The smallest absolute Gasteiger partial charge is 0.247 e. The van der Waals surface area contributed by atoms with E-state index in [2.05, 4.69) is 43.8 Å². The van der Waals surface area contributed by atoms with E-state index in [-0.39, 0.29) is 18.0 Å². The number of imidazole rings is 1. The highest BCUT2D eigenvalue weighted by Crippen LogP contribution is 2.28. The first-order valence-corrected chi connectivity index (χ1v) is 10.2. The maximum Gasteiger partial charge on any atom is 0.247 e. The summed E-state index contributed by atoms with van der Waals surface area (Å²) in [5.41, 5.74) is 1.21. The summed E-state index contributed by atoms with van der Waals surface area (Å²) in [6.45, 7) is 4.77. The minimum Gasteiger partial charge on any atom is -0.338 e. The van der Waals surface area contributed by atoms with Gasteiger partial charge < -0.3 is 9.47 Å². The van der Waals surface area contributed by atoms with Gasteiger partial charge in [0, 0.05) is 51.8 Å². The van der Waals surface area contributed by atoms with E-state index in [1.807, 2.05) is 37.3 Å². The summed E-state index contributed by atoms with van der Waals surface area (Å²) in [5.74, 6) is 1.08. The van der Waals surface area contributed by atoms with Crippen molar-refractivity contribution in [2.24, 2.45) is 7.05 Å². The number of aromatic nitrogens is 4. The van der Waals surface area contributed by atoms with E-state index in [9.17, 15) is 4.79 Å². The van der Waals surface area contributed by atoms with Crippen molar-refractivity contribution in [1.82, 2.24) is 29.1 Å². The Bertz CT molecular complexity index is 960. The van der Waals surface area contributed by atoms with Crippen LogP contribution in [0, 0.1) is 0 Å². The fourth-order valence-corrected chi connectivity index (χ4v) is 4.05. The standard InChI is InChI=1S/C21H25ClN6O/c1-16(28-15-18(22)14-24-28)21(29)27-12-10-26(11-13-27)19(17-6-4-3-5-7-17)20-23-8-9-25(20)2/h3-9,14-16,19H,10-13H2,1-2H3/t16-,19+/m1/s1. The van der Waals surface area contributed by atoms with Crippen LogP contribution in [0.1, 0.15) is 30.4 Å². The highest BCUT2D eigenvalue weighted by atomic mass is 35.5. The van der Waals surface area contributed by atoms with Gasteiger partial charge in [0.05, 0.1) is 17.3 Å². The number of aryl methyl sites for hydroxylation is 1. The molecule has 1 aromatic carbocycles. The number of hydrogen-bond acceptors (Lipinski definition) is 4. The molecule has 2 atom stereocenters. The van der Waals surface area contributed by atoms with Gasteiger partial charge in [0.15, 0.2) is 0 Å². The number of benzene rings is 1. The monoisotopic (exact) mass is 412 g/mol. The van der Waals surface area contributed by atoms with E-state index in [1.54, 1.807) is 17.1 Å². The van der Waals surface area contributed by atoms with Crippen LogP contribution in [-0.4, -0.2) is 61.2 Å². The Labute approximate surface area is 175 Å². The minimum atomic E-state index is -0.367. The fourth-order valence-electron chi connectivity index (χ4n) is 3.90. The number of rotatable bonds is 5. The molecule has 0 bridgehead atoms. The first kappa shape index (κ1) is 19.7. The van der Waals surface area contributed by atoms with E-state index in [4.69, 9.17) is 11.6 Å². The molecule has 0 radical (unpaired) electrons. The highest BCUT2D eigenvalue weighted by Gasteiger charge is 2.32. The summed E-state index contributed by atoms with van der Waals surface area (Å²) in [7, 11) is 2.02. The molecule has 4 rings (SSSR count). The van der Waals surface area contributed by atoms with Crippen LogP contribution in [0.4, 0.5) is 0 Å². The van der Waals surface area contributed by atoms with Gasteiger partial charge in [-0.1, -0.05) is 41.9 Å². The van der Waals surface area contributed by atoms with Crippen molar-refractivity contribution >= 4 is 17.5 Å². The van der Waals surface area contributed by atoms with Gasteiger partial charge >= 0.3 is 0 Å². The molecule has 2 aromatic heterocycles. The molecule has 8 heteroatoms. The normalized spacial score (nSPS) is 17.3. The lowest BCUT2D eigenvalue weighted by molar-refractivity contribution is -0.136. The molecule has 0 spiro atoms. The first-order valence-electron chi connectivity index (χ1n) is 9.79. The van der Waals surface area contributed by atoms with Crippen LogP contribution in [0.15, 0.2) is 55.1 Å². The summed E-state index contributed by atoms with van der Waals surface area (Å²) < 4.78 is 3.69. The highest BCUT2D eigenvalue weighted by molar-refractivity contribution is 6.30. The molecule has 1 amide bonds. The topological polar surface area (TPSA) is 59.2 Å². The Balaban J connectivity index is 1.48. The molecule has 0 saturated carbocycles. The van der Waals surface area contributed by atoms with E-state index < -0.39 is 0 Å². The third-order valence-corrected chi connectivity index (χ3v) is 5.73. The molecular formula is C21H25ClN6O. The third kappa shape index (κ3) is 4.06. The summed E-state index contributed by atoms with van der Waals surface area (Å²) in [5, 5.41) is 4.71. The molecule has 7 nitrogen and oxygen atoms in total. The fraction of sp³-hybridized carbons (Fsp3) is 0.381. The van der Waals surface area contributed by atoms with Crippen molar-refractivity contribution in [1.29, 1.82) is 0 Å². The van der Waals surface area contributed by atoms with Crippen LogP contribution in [0.5, 0.6) is 0 Å². The van der Waals surface area contributed by atoms with Gasteiger partial charge in [-0.3, -0.25) is 14.4 Å². The number of amides is 1. The second-order valence-electron chi connectivity index (χ2n) is 7.39. The maximum atomic E-state index is 12.9. The molecule has 3 aromatic rings. The number of halogens is 1. The minimum absolute atomic E-state index is 0.0656. The number of carbonyl (C=O) groups excluding carboxylic acids is 1. The van der Waals surface area contributed by atoms with Crippen molar-refractivity contribution in [3.05, 3.63) is 71.5 Å². The van der Waals surface area contributed by atoms with E-state index in [0.29, 0.717) is 18.1 Å². The zero-order chi connectivity index (χ0) is 20.4. The van der Waals surface area contributed by atoms with Crippen LogP contribution in [0.25, 0.3) is 0 Å². The van der Waals surface area contributed by atoms with Gasteiger partial charge in [0.2, 0.25) is 5.91 Å². The number of nitrogens with zero attached hydrogens (tertiary/aromatic N) is 6. The number of piperazine rings is 1. The molecule has 1 aliphatic heterocycles. The quantitative estimate of drug-likeness (QED) is 0.646. The van der Waals surface area contributed by atoms with Gasteiger partial charge in [-0.2, -0.15) is 5.10 Å². The lowest BCUT2D eigenvalue weighted by Gasteiger charge is -2.39. The molecule has 1 aliphatic rings. The van der Waals surface area contributed by atoms with Crippen molar-refractivity contribution in [3.63, 3.8) is 0 Å². The second-order valence-corrected chi connectivity index (χ2v) is 7.82. The molecule has 1 saturated heterocycles. The van der Waals surface area contributed by atoms with E-state index in [0.717, 1.165) is 18.9 Å². The molecular weight excluding hydrogens is 388 g/mol. The second kappa shape index (κ2) is 8.39. The Morgan fingerprint density at radius 2 is 1.86 bits per heavy atom. The molecule has 152 valence electrons. The molecule has 29 heavy (non-hydrogen) atoms. The molecule has 3 heterocycles. The summed E-state index contributed by atoms with van der Waals surface area (Å²) in [6, 6.07) is 10.1. The van der Waals surface area contributed by atoms with Crippen LogP contribution in [0.3, 0.4) is 0 Å². The Hall–Kier alpha value is -2.64. The Kier molecular flexibility index (Phi) is 5.69. The van der Waals surface area contributed by atoms with E-state index >= 15 is 0 Å². The van der Waals surface area contributed by atoms with Crippen molar-refractivity contribution < 1.29 is 4.79 Å². The average Bonchev–Trinajstić information content (AvgIpc) is 3.37. The lowest BCUT2D eigenvalue weighted by Crippen LogP contribution is -2.51. The average molecular weight is 413 g/mol. The molecule has 1 fully saturated rings. The molecule has 0 aliphatic carbocycles. The predicted octanol–water partition coefficient (Wildman–Crippen LogP) is 2.76. The zero-order valence-electron chi connectivity index (χ0n) is 16.6. The van der Waals surface area contributed by atoms with Crippen LogP contribution < -0.4 is 0 Å².